The van der Waals surface area contributed by atoms with Crippen LogP contribution in [-0.2, 0) is 14.2 Å². The molecular weight excluding hydrogens is 250 g/mol. The van der Waals surface area contributed by atoms with E-state index < -0.39 is 12.7 Å². The first-order chi connectivity index (χ1) is 9.18. The van der Waals surface area contributed by atoms with Crippen LogP contribution in [0.4, 0.5) is 4.39 Å². The molecular formula is C13H14BFO4. The molecule has 0 aromatic heterocycles. The third-order valence-corrected chi connectivity index (χ3v) is 4.37. The van der Waals surface area contributed by atoms with Crippen LogP contribution in [0.1, 0.15) is 6.42 Å². The molecule has 5 rings (SSSR count). The Hall–Kier alpha value is -0.945. The normalized spacial score (nSPS) is 39.6. The maximum Gasteiger partial charge on any atom is 0.354 e. The molecule has 4 nitrogen and oxygen atoms in total. The lowest BCUT2D eigenvalue weighted by molar-refractivity contribution is -0.440. The minimum Gasteiger partial charge on any atom is -0.445 e. The van der Waals surface area contributed by atoms with Gasteiger partial charge in [-0.3, -0.25) is 0 Å². The van der Waals surface area contributed by atoms with Gasteiger partial charge in [-0.25, -0.2) is 4.39 Å². The predicted octanol–water partition coefficient (Wildman–Crippen LogP) is 0.0861. The second-order valence-electron chi connectivity index (χ2n) is 5.48. The van der Waals surface area contributed by atoms with Crippen LogP contribution in [0.3, 0.4) is 0 Å². The fraction of sp³-hybridized carbons (Fsp3) is 0.538. The topological polar surface area (TPSA) is 47.9 Å². The lowest BCUT2D eigenvalue weighted by Crippen LogP contribution is -2.76. The van der Waals surface area contributed by atoms with E-state index in [9.17, 15) is 9.41 Å². The zero-order valence-electron chi connectivity index (χ0n) is 10.3. The van der Waals surface area contributed by atoms with Crippen LogP contribution in [0.2, 0.25) is 0 Å². The Balaban J connectivity index is 1.54. The monoisotopic (exact) mass is 264 g/mol. The van der Waals surface area contributed by atoms with Crippen LogP contribution in [0.5, 0.6) is 0 Å². The number of hydrogen-bond acceptors (Lipinski definition) is 4. The summed E-state index contributed by atoms with van der Waals surface area (Å²) in [5, 5.41) is 10.4. The summed E-state index contributed by atoms with van der Waals surface area (Å²) in [4.78, 5) is 0. The second kappa shape index (κ2) is 4.02. The zero-order chi connectivity index (χ0) is 13.0. The van der Waals surface area contributed by atoms with Gasteiger partial charge < -0.3 is 19.2 Å². The lowest BCUT2D eigenvalue weighted by Gasteiger charge is -2.61. The Labute approximate surface area is 110 Å². The summed E-state index contributed by atoms with van der Waals surface area (Å²) in [5.41, 5.74) is 0.670. The molecule has 4 saturated heterocycles. The second-order valence-corrected chi connectivity index (χ2v) is 5.48. The Bertz CT molecular complexity index is 486. The number of ether oxygens (including phenoxy) is 3. The van der Waals surface area contributed by atoms with Crippen LogP contribution in [-0.4, -0.2) is 43.0 Å². The van der Waals surface area contributed by atoms with E-state index in [1.807, 2.05) is 0 Å². The highest BCUT2D eigenvalue weighted by Crippen LogP contribution is 2.50. The molecule has 1 aromatic carbocycles. The largest absolute Gasteiger partial charge is 0.445 e. The highest BCUT2D eigenvalue weighted by molar-refractivity contribution is 6.67. The van der Waals surface area contributed by atoms with Crippen molar-refractivity contribution >= 4 is 12.4 Å². The summed E-state index contributed by atoms with van der Waals surface area (Å²) in [6.45, 7) is 0.254. The molecule has 2 unspecified atom stereocenters. The highest BCUT2D eigenvalue weighted by atomic mass is 19.1. The van der Waals surface area contributed by atoms with Gasteiger partial charge in [0.1, 0.15) is 12.4 Å². The van der Waals surface area contributed by atoms with Crippen molar-refractivity contribution in [2.75, 3.05) is 13.2 Å². The molecule has 0 radical (unpaired) electrons. The van der Waals surface area contributed by atoms with Crippen molar-refractivity contribution in [2.24, 2.45) is 5.92 Å². The Morgan fingerprint density at radius 1 is 1.32 bits per heavy atom. The molecule has 4 atom stereocenters. The van der Waals surface area contributed by atoms with E-state index in [1.165, 1.54) is 12.1 Å². The van der Waals surface area contributed by atoms with E-state index in [0.717, 1.165) is 6.42 Å². The molecule has 0 aliphatic carbocycles. The van der Waals surface area contributed by atoms with Gasteiger partial charge in [-0.05, 0) is 24.0 Å². The van der Waals surface area contributed by atoms with E-state index in [4.69, 9.17) is 14.2 Å². The maximum absolute atomic E-state index is 12.9. The fourth-order valence-electron chi connectivity index (χ4n) is 3.28. The van der Waals surface area contributed by atoms with Crippen molar-refractivity contribution in [2.45, 2.75) is 24.3 Å². The lowest BCUT2D eigenvalue weighted by atomic mass is 9.49. The third-order valence-electron chi connectivity index (χ3n) is 4.37. The van der Waals surface area contributed by atoms with E-state index in [0.29, 0.717) is 18.7 Å². The van der Waals surface area contributed by atoms with Crippen LogP contribution >= 0.6 is 0 Å². The van der Waals surface area contributed by atoms with E-state index >= 15 is 0 Å². The average Bonchev–Trinajstić information content (AvgIpc) is 2.43. The van der Waals surface area contributed by atoms with Gasteiger partial charge in [-0.1, -0.05) is 12.1 Å². The van der Waals surface area contributed by atoms with Gasteiger partial charge in [0, 0.05) is 5.92 Å². The Kier molecular flexibility index (Phi) is 2.51. The van der Waals surface area contributed by atoms with E-state index in [1.54, 1.807) is 12.1 Å². The SMILES string of the molecule is OB(c1ccc(F)cc1)C1OC23CO[C@H](CO2)C[C@H]13. The first-order valence-corrected chi connectivity index (χ1v) is 6.55. The van der Waals surface area contributed by atoms with Gasteiger partial charge in [0.05, 0.1) is 18.7 Å². The summed E-state index contributed by atoms with van der Waals surface area (Å²) in [5.74, 6) is -0.809. The van der Waals surface area contributed by atoms with Crippen molar-refractivity contribution in [1.82, 2.24) is 0 Å². The van der Waals surface area contributed by atoms with Crippen LogP contribution in [0.25, 0.3) is 0 Å². The van der Waals surface area contributed by atoms with Gasteiger partial charge >= 0.3 is 6.92 Å². The standard InChI is InChI=1S/C13H14BFO4/c15-9-3-1-8(2-4-9)14(16)12-11-5-10-6-18-13(11,19-12)7-17-10/h1-4,10-12,16H,5-7H2/t10-,11+,12?,13?/m0/s1. The smallest absolute Gasteiger partial charge is 0.354 e. The van der Waals surface area contributed by atoms with Crippen LogP contribution in [0.15, 0.2) is 24.3 Å². The van der Waals surface area contributed by atoms with Crippen molar-refractivity contribution in [1.29, 1.82) is 0 Å². The number of benzene rings is 1. The van der Waals surface area contributed by atoms with Crippen LogP contribution < -0.4 is 5.46 Å². The molecule has 4 aliphatic rings. The summed E-state index contributed by atoms with van der Waals surface area (Å²) in [7, 11) is 0. The Morgan fingerprint density at radius 2 is 2.11 bits per heavy atom. The number of halogens is 1. The molecule has 1 aromatic rings. The minimum absolute atomic E-state index is 0.110. The van der Waals surface area contributed by atoms with Crippen molar-refractivity contribution in [3.8, 4) is 0 Å². The Morgan fingerprint density at radius 3 is 2.74 bits per heavy atom. The number of hydrogen-bond donors (Lipinski definition) is 1. The number of rotatable bonds is 2. The maximum atomic E-state index is 12.9. The number of fused-ring (bicyclic) bond motifs is 2. The van der Waals surface area contributed by atoms with E-state index in [-0.39, 0.29) is 23.8 Å². The van der Waals surface area contributed by atoms with Crippen molar-refractivity contribution in [3.63, 3.8) is 0 Å². The van der Waals surface area contributed by atoms with Gasteiger partial charge in [-0.2, -0.15) is 0 Å². The van der Waals surface area contributed by atoms with Crippen molar-refractivity contribution < 1.29 is 23.6 Å². The molecule has 2 bridgehead atoms. The first kappa shape index (κ1) is 11.8. The molecule has 100 valence electrons. The third kappa shape index (κ3) is 1.67. The summed E-state index contributed by atoms with van der Waals surface area (Å²) in [6, 6.07) is 5.58. The van der Waals surface area contributed by atoms with Crippen LogP contribution in [0, 0.1) is 11.7 Å². The molecule has 1 spiro atoms. The summed E-state index contributed by atoms with van der Waals surface area (Å²) >= 11 is 0. The summed E-state index contributed by atoms with van der Waals surface area (Å²) < 4.78 is 29.9. The molecule has 0 amide bonds. The molecule has 4 fully saturated rings. The first-order valence-electron chi connectivity index (χ1n) is 6.55. The molecule has 6 heteroatoms. The fourth-order valence-corrected chi connectivity index (χ4v) is 3.28. The molecule has 4 heterocycles. The molecule has 19 heavy (non-hydrogen) atoms. The van der Waals surface area contributed by atoms with Gasteiger partial charge in [0.2, 0.25) is 0 Å². The predicted molar refractivity (Wildman–Crippen MR) is 65.4 cm³/mol. The van der Waals surface area contributed by atoms with Gasteiger partial charge in [0.15, 0.2) is 5.79 Å². The summed E-state index contributed by atoms with van der Waals surface area (Å²) in [6.07, 6.45) is 0.960. The highest BCUT2D eigenvalue weighted by Gasteiger charge is 2.65. The zero-order valence-corrected chi connectivity index (χ0v) is 10.3. The average molecular weight is 264 g/mol. The molecule has 0 saturated carbocycles. The van der Waals surface area contributed by atoms with E-state index in [2.05, 4.69) is 0 Å². The van der Waals surface area contributed by atoms with Gasteiger partial charge in [0.25, 0.3) is 0 Å². The molecule has 1 N–H and O–H groups in total. The van der Waals surface area contributed by atoms with Crippen molar-refractivity contribution in [3.05, 3.63) is 30.1 Å². The minimum atomic E-state index is -0.751. The quantitative estimate of drug-likeness (QED) is 0.769. The molecule has 4 aliphatic heterocycles. The van der Waals surface area contributed by atoms with Gasteiger partial charge in [-0.15, -0.1) is 0 Å².